The molecule has 0 saturated carbocycles. The minimum Gasteiger partial charge on any atom is -0.487 e. The number of guanidine groups is 2. The van der Waals surface area contributed by atoms with Gasteiger partial charge in [0.15, 0.2) is 0 Å². The Bertz CT molecular complexity index is 3290. The number of fused-ring (bicyclic) bond motifs is 3. The Hall–Kier alpha value is -7.08. The van der Waals surface area contributed by atoms with Crippen LogP contribution in [0.3, 0.4) is 0 Å². The maximum Gasteiger partial charge on any atom is 0.315 e. The molecule has 2 fully saturated rings. The molecular formula is C60H94N14O13S3. The fourth-order valence-corrected chi connectivity index (χ4v) is 16.5. The lowest BCUT2D eigenvalue weighted by molar-refractivity contribution is -0.137. The van der Waals surface area contributed by atoms with E-state index >= 15 is 0 Å². The number of carboxylic acid groups (broad SMARTS) is 1. The van der Waals surface area contributed by atoms with Crippen molar-refractivity contribution < 1.29 is 60.2 Å². The lowest BCUT2D eigenvalue weighted by Gasteiger charge is -2.35. The molecule has 6 unspecified atom stereocenters. The number of carbonyl (C=O) groups excluding carboxylic acids is 5. The highest BCUT2D eigenvalue weighted by molar-refractivity contribution is 8.00. The van der Waals surface area contributed by atoms with Crippen molar-refractivity contribution in [2.45, 2.75) is 228 Å². The van der Waals surface area contributed by atoms with Crippen LogP contribution in [0.1, 0.15) is 162 Å². The first-order chi connectivity index (χ1) is 42.3. The van der Waals surface area contributed by atoms with Crippen LogP contribution in [-0.4, -0.2) is 154 Å². The Morgan fingerprint density at radius 2 is 1.09 bits per heavy atom. The zero-order valence-corrected chi connectivity index (χ0v) is 55.9. The minimum atomic E-state index is -4.31. The molecule has 4 aliphatic rings. The monoisotopic (exact) mass is 1310 g/mol. The molecule has 4 heterocycles. The van der Waals surface area contributed by atoms with E-state index in [1.165, 1.54) is 0 Å². The summed E-state index contributed by atoms with van der Waals surface area (Å²) >= 11 is 1.75. The number of aliphatic carboxylic acids is 1. The SMILES string of the molecule is Cc1c(C)c(S(=O)(=O)NC(=N)NCCCC(NC(=O)CCCCC2SCC3NC(=O)NC32)C(=O)NC(CCCNC=N)C(=O)NC(CCCNC(=N)NS(=O)(=O)c2c(C)c(C)c3c(c2C)OC(C)(C)CC3)C(=O)NCCCC(=O)O)c(C)c2c1CCC(C)(C)O2. The molecule has 500 valence electrons. The van der Waals surface area contributed by atoms with Crippen LogP contribution in [0.25, 0.3) is 0 Å². The molecule has 2 saturated heterocycles. The van der Waals surface area contributed by atoms with Gasteiger partial charge in [-0.05, 0) is 186 Å². The van der Waals surface area contributed by atoms with Gasteiger partial charge in [0.2, 0.25) is 35.5 Å². The van der Waals surface area contributed by atoms with E-state index in [4.69, 9.17) is 25.7 Å². The maximum absolute atomic E-state index is 14.5. The van der Waals surface area contributed by atoms with Gasteiger partial charge in [-0.15, -0.1) is 0 Å². The molecule has 6 amide bonds. The Labute approximate surface area is 533 Å². The number of nitrogens with one attached hydrogen (secondary N) is 14. The molecule has 0 radical (unpaired) electrons. The predicted molar refractivity (Wildman–Crippen MR) is 344 cm³/mol. The number of hydrogen-bond acceptors (Lipinski definition) is 16. The van der Waals surface area contributed by atoms with Crippen molar-refractivity contribution in [1.29, 1.82) is 16.2 Å². The van der Waals surface area contributed by atoms with Gasteiger partial charge >= 0.3 is 12.0 Å². The second kappa shape index (κ2) is 31.3. The third-order valence-electron chi connectivity index (χ3n) is 17.1. The van der Waals surface area contributed by atoms with Crippen LogP contribution in [-0.2, 0) is 56.9 Å². The van der Waals surface area contributed by atoms with Crippen LogP contribution in [0.15, 0.2) is 9.79 Å². The number of carboxylic acids is 1. The quantitative estimate of drug-likeness (QED) is 0.0215. The summed E-state index contributed by atoms with van der Waals surface area (Å²) in [5, 5.41) is 59.1. The third-order valence-corrected chi connectivity index (χ3v) is 21.8. The third kappa shape index (κ3) is 19.2. The summed E-state index contributed by atoms with van der Waals surface area (Å²) in [5.74, 6) is -3.07. The number of amides is 6. The van der Waals surface area contributed by atoms with Gasteiger partial charge in [0.05, 0.1) is 28.2 Å². The fraction of sp³-hybridized carbons (Fsp3) is 0.650. The van der Waals surface area contributed by atoms with Gasteiger partial charge in [0.1, 0.15) is 40.8 Å². The van der Waals surface area contributed by atoms with Crippen molar-refractivity contribution >= 4 is 85.7 Å². The number of hydrogen-bond donors (Lipinski definition) is 15. The lowest BCUT2D eigenvalue weighted by atomic mass is 9.88. The number of ether oxygens (including phenoxy) is 2. The molecule has 2 aromatic rings. The molecule has 27 nitrogen and oxygen atoms in total. The largest absolute Gasteiger partial charge is 0.487 e. The van der Waals surface area contributed by atoms with E-state index < -0.39 is 90.9 Å². The summed E-state index contributed by atoms with van der Waals surface area (Å²) in [6.45, 7) is 18.3. The summed E-state index contributed by atoms with van der Waals surface area (Å²) in [6, 6.07) is -4.04. The second-order valence-electron chi connectivity index (χ2n) is 25.0. The van der Waals surface area contributed by atoms with Crippen LogP contribution >= 0.6 is 11.8 Å². The van der Waals surface area contributed by atoms with Gasteiger partial charge < -0.3 is 62.4 Å². The standard InChI is InChI=1S/C60H94N14O13S3/c1-33-35(3)51(37(5)49-39(33)23-25-59(7,8)86-49)89(82,83)73-56(62)66-29-14-18-41(53(78)65-28-16-22-47(76)77)69-55(80)43(17-13-27-64-32-61)70-54(79)42(68-46(75)21-12-11-20-45-48-44(31-88-45)71-58(81)72-48)19-15-30-67-57(63)74-90(84,85)52-36(4)34(2)40-24-26-60(9,10)87-50(40)38(52)6/h32,41-45,48H,11-31H2,1-10H3,(H2,61,64)(H,65,78)(H,68,75)(H,69,80)(H,70,79)(H,76,77)(H3,62,66,73)(H3,63,67,74)(H2,71,72,81). The number of urea groups is 1. The number of unbranched alkanes of at least 4 members (excludes halogenated alkanes) is 1. The zero-order valence-electron chi connectivity index (χ0n) is 53.5. The summed E-state index contributed by atoms with van der Waals surface area (Å²) in [4.78, 5) is 79.7. The van der Waals surface area contributed by atoms with Crippen molar-refractivity contribution in [3.63, 3.8) is 0 Å². The highest BCUT2D eigenvalue weighted by Crippen LogP contribution is 2.44. The predicted octanol–water partition coefficient (Wildman–Crippen LogP) is 3.75. The highest BCUT2D eigenvalue weighted by atomic mass is 32.2. The van der Waals surface area contributed by atoms with Gasteiger partial charge in [-0.25, -0.2) is 31.1 Å². The average molecular weight is 1320 g/mol. The smallest absolute Gasteiger partial charge is 0.315 e. The summed E-state index contributed by atoms with van der Waals surface area (Å²) < 4.78 is 73.0. The molecule has 0 aromatic heterocycles. The first-order valence-corrected chi connectivity index (χ1v) is 34.9. The Morgan fingerprint density at radius 1 is 0.622 bits per heavy atom. The van der Waals surface area contributed by atoms with E-state index in [0.717, 1.165) is 53.6 Å². The van der Waals surface area contributed by atoms with E-state index in [2.05, 4.69) is 57.3 Å². The topological polar surface area (TPSA) is 413 Å². The van der Waals surface area contributed by atoms with Crippen molar-refractivity contribution in [1.82, 2.24) is 57.3 Å². The Kier molecular flexibility index (Phi) is 25.0. The van der Waals surface area contributed by atoms with Gasteiger partial charge in [-0.2, -0.15) is 11.8 Å². The van der Waals surface area contributed by atoms with Crippen molar-refractivity contribution in [2.75, 3.05) is 31.9 Å². The molecule has 6 rings (SSSR count). The Morgan fingerprint density at radius 3 is 1.58 bits per heavy atom. The molecule has 0 bridgehead atoms. The van der Waals surface area contributed by atoms with Gasteiger partial charge in [-0.1, -0.05) is 6.42 Å². The molecule has 30 heteroatoms. The van der Waals surface area contributed by atoms with E-state index in [-0.39, 0.29) is 117 Å². The number of carbonyl (C=O) groups is 6. The number of sulfonamides is 2. The van der Waals surface area contributed by atoms with Crippen molar-refractivity contribution in [2.24, 2.45) is 0 Å². The first kappa shape index (κ1) is 72.0. The van der Waals surface area contributed by atoms with E-state index in [9.17, 15) is 50.7 Å². The Balaban J connectivity index is 1.13. The molecule has 4 aliphatic heterocycles. The maximum atomic E-state index is 14.5. The van der Waals surface area contributed by atoms with E-state index in [1.54, 1.807) is 39.5 Å². The number of thioether (sulfide) groups is 1. The molecule has 90 heavy (non-hydrogen) atoms. The zero-order chi connectivity index (χ0) is 66.5. The van der Waals surface area contributed by atoms with Crippen LogP contribution in [0.2, 0.25) is 0 Å². The fourth-order valence-electron chi connectivity index (χ4n) is 12.0. The van der Waals surface area contributed by atoms with Gasteiger partial charge in [0, 0.05) is 61.2 Å². The van der Waals surface area contributed by atoms with Gasteiger partial charge in [-0.3, -0.25) is 40.2 Å². The molecule has 0 aliphatic carbocycles. The van der Waals surface area contributed by atoms with Crippen LogP contribution in [0.5, 0.6) is 11.5 Å². The first-order valence-electron chi connectivity index (χ1n) is 30.9. The average Bonchev–Trinajstić information content (AvgIpc) is 0.796. The molecule has 0 spiro atoms. The van der Waals surface area contributed by atoms with Crippen molar-refractivity contribution in [3.05, 3.63) is 44.5 Å². The second-order valence-corrected chi connectivity index (χ2v) is 29.5. The summed E-state index contributed by atoms with van der Waals surface area (Å²) in [6.07, 6.45) is 5.94. The number of rotatable bonds is 32. The minimum absolute atomic E-state index is 0.00311. The summed E-state index contributed by atoms with van der Waals surface area (Å²) in [7, 11) is -8.62. The molecule has 6 atom stereocenters. The van der Waals surface area contributed by atoms with Crippen LogP contribution in [0.4, 0.5) is 4.79 Å². The van der Waals surface area contributed by atoms with Crippen molar-refractivity contribution in [3.8, 4) is 11.5 Å². The highest BCUT2D eigenvalue weighted by Gasteiger charge is 2.43. The molecule has 2 aromatic carbocycles. The van der Waals surface area contributed by atoms with Gasteiger partial charge in [0.25, 0.3) is 20.0 Å². The van der Waals surface area contributed by atoms with Crippen LogP contribution in [0, 0.1) is 57.8 Å². The van der Waals surface area contributed by atoms with E-state index in [1.807, 2.05) is 41.5 Å². The lowest BCUT2D eigenvalue weighted by Crippen LogP contribution is -2.57. The van der Waals surface area contributed by atoms with Crippen LogP contribution < -0.4 is 66.8 Å². The summed E-state index contributed by atoms with van der Waals surface area (Å²) in [5.41, 5.74) is 4.35. The number of benzene rings is 2. The molecular weight excluding hydrogens is 1220 g/mol. The van der Waals surface area contributed by atoms with E-state index in [0.29, 0.717) is 59.4 Å². The normalized spacial score (nSPS) is 18.8. The molecule has 15 N–H and O–H groups in total.